The maximum atomic E-state index is 14.0. The zero-order chi connectivity index (χ0) is 28.2. The molecular formula is C25H25F5N4O4. The molecule has 1 aromatic heterocycles. The molecule has 2 amide bonds. The van der Waals surface area contributed by atoms with Crippen molar-refractivity contribution in [3.05, 3.63) is 59.8 Å². The highest BCUT2D eigenvalue weighted by molar-refractivity contribution is 6.08. The maximum absolute atomic E-state index is 14.0. The number of benzene rings is 2. The molecule has 3 aromatic rings. The van der Waals surface area contributed by atoms with Gasteiger partial charge in [0.25, 0.3) is 0 Å². The number of rotatable bonds is 8. The third-order valence-electron chi connectivity index (χ3n) is 5.65. The number of carbonyl (C=O) groups is 3. The lowest BCUT2D eigenvalue weighted by molar-refractivity contribution is -0.148. The monoisotopic (exact) mass is 540 g/mol. The molecule has 0 aliphatic heterocycles. The molecule has 0 aliphatic carbocycles. The van der Waals surface area contributed by atoms with E-state index >= 15 is 0 Å². The van der Waals surface area contributed by atoms with Crippen molar-refractivity contribution in [2.24, 2.45) is 0 Å². The van der Waals surface area contributed by atoms with Crippen LogP contribution in [0.25, 0.3) is 10.9 Å². The van der Waals surface area contributed by atoms with Crippen molar-refractivity contribution in [2.45, 2.75) is 32.0 Å². The standard InChI is InChI=1S/C25H25F5N4O4/c1-4-38-23(36)20(33(2)3)9-10-22(35)34-13-19(16-11-17(26)18(27)12-21(16)34)32-24(37)31-15-7-5-14(6-8-15)25(28,29)30/h5-8,11-13,20H,4,9-10H2,1-3H3,(H2,31,32,37). The summed E-state index contributed by atoms with van der Waals surface area (Å²) in [6.07, 6.45) is -3.46. The van der Waals surface area contributed by atoms with Crippen molar-refractivity contribution in [1.29, 1.82) is 0 Å². The van der Waals surface area contributed by atoms with Gasteiger partial charge in [-0.1, -0.05) is 0 Å². The summed E-state index contributed by atoms with van der Waals surface area (Å²) in [5, 5.41) is 4.75. The van der Waals surface area contributed by atoms with Crippen molar-refractivity contribution in [1.82, 2.24) is 9.47 Å². The molecule has 0 radical (unpaired) electrons. The molecule has 0 aliphatic rings. The zero-order valence-electron chi connectivity index (χ0n) is 20.7. The Morgan fingerprint density at radius 1 is 1.03 bits per heavy atom. The van der Waals surface area contributed by atoms with E-state index in [1.54, 1.807) is 25.9 Å². The molecule has 2 N–H and O–H groups in total. The van der Waals surface area contributed by atoms with E-state index in [0.29, 0.717) is 0 Å². The van der Waals surface area contributed by atoms with Crippen molar-refractivity contribution < 1.29 is 41.1 Å². The third-order valence-corrected chi connectivity index (χ3v) is 5.65. The number of likely N-dealkylation sites (N-methyl/N-ethyl adjacent to an activating group) is 1. The molecule has 0 saturated heterocycles. The van der Waals surface area contributed by atoms with Crippen molar-refractivity contribution in [3.8, 4) is 0 Å². The first-order valence-electron chi connectivity index (χ1n) is 11.4. The minimum absolute atomic E-state index is 0.00868. The van der Waals surface area contributed by atoms with Gasteiger partial charge in [0.15, 0.2) is 11.6 Å². The molecule has 0 bridgehead atoms. The summed E-state index contributed by atoms with van der Waals surface area (Å²) in [6, 6.07) is 3.67. The third kappa shape index (κ3) is 6.65. The lowest BCUT2D eigenvalue weighted by Crippen LogP contribution is -2.37. The Bertz CT molecular complexity index is 1340. The highest BCUT2D eigenvalue weighted by Gasteiger charge is 2.30. The summed E-state index contributed by atoms with van der Waals surface area (Å²) in [5.74, 6) is -3.52. The van der Waals surface area contributed by atoms with Gasteiger partial charge in [0, 0.05) is 29.8 Å². The molecule has 38 heavy (non-hydrogen) atoms. The SMILES string of the molecule is CCOC(=O)C(CCC(=O)n1cc(NC(=O)Nc2ccc(C(F)(F)F)cc2)c2cc(F)c(F)cc21)N(C)C. The first kappa shape index (κ1) is 28.6. The van der Waals surface area contributed by atoms with Gasteiger partial charge in [-0.25, -0.2) is 13.6 Å². The highest BCUT2D eigenvalue weighted by Crippen LogP contribution is 2.31. The van der Waals surface area contributed by atoms with Crippen LogP contribution in [0.2, 0.25) is 0 Å². The molecule has 1 heterocycles. The number of aromatic nitrogens is 1. The second-order valence-electron chi connectivity index (χ2n) is 8.51. The van der Waals surface area contributed by atoms with E-state index in [9.17, 15) is 36.3 Å². The smallest absolute Gasteiger partial charge is 0.416 e. The van der Waals surface area contributed by atoms with Gasteiger partial charge >= 0.3 is 18.2 Å². The Morgan fingerprint density at radius 3 is 2.24 bits per heavy atom. The Morgan fingerprint density at radius 2 is 1.66 bits per heavy atom. The summed E-state index contributed by atoms with van der Waals surface area (Å²) in [4.78, 5) is 39.3. The average molecular weight is 540 g/mol. The summed E-state index contributed by atoms with van der Waals surface area (Å²) >= 11 is 0. The number of amides is 2. The lowest BCUT2D eigenvalue weighted by atomic mass is 10.1. The molecule has 1 unspecified atom stereocenters. The first-order valence-corrected chi connectivity index (χ1v) is 11.4. The van der Waals surface area contributed by atoms with E-state index in [0.717, 1.165) is 41.0 Å². The normalized spacial score (nSPS) is 12.4. The van der Waals surface area contributed by atoms with Crippen LogP contribution in [0.5, 0.6) is 0 Å². The molecule has 2 aromatic carbocycles. The van der Waals surface area contributed by atoms with Crippen LogP contribution < -0.4 is 10.6 Å². The summed E-state index contributed by atoms with van der Waals surface area (Å²) in [5.41, 5.74) is -0.939. The van der Waals surface area contributed by atoms with Gasteiger partial charge in [-0.3, -0.25) is 19.1 Å². The quantitative estimate of drug-likeness (QED) is 0.291. The van der Waals surface area contributed by atoms with E-state index in [-0.39, 0.29) is 41.7 Å². The van der Waals surface area contributed by atoms with Crippen LogP contribution in [0.1, 0.15) is 30.1 Å². The van der Waals surface area contributed by atoms with Gasteiger partial charge in [0.05, 0.1) is 23.4 Å². The van der Waals surface area contributed by atoms with Crippen LogP contribution in [0.3, 0.4) is 0 Å². The number of nitrogens with one attached hydrogen (secondary N) is 2. The van der Waals surface area contributed by atoms with Crippen LogP contribution in [-0.2, 0) is 15.7 Å². The Labute approximate surface area is 214 Å². The fourth-order valence-corrected chi connectivity index (χ4v) is 3.76. The number of esters is 1. The second-order valence-corrected chi connectivity index (χ2v) is 8.51. The molecule has 8 nitrogen and oxygen atoms in total. The van der Waals surface area contributed by atoms with Crippen LogP contribution in [0.15, 0.2) is 42.6 Å². The fraction of sp³-hybridized carbons (Fsp3) is 0.320. The first-order chi connectivity index (χ1) is 17.8. The van der Waals surface area contributed by atoms with Crippen LogP contribution in [0, 0.1) is 11.6 Å². The molecule has 204 valence electrons. The summed E-state index contributed by atoms with van der Waals surface area (Å²) in [7, 11) is 3.29. The van der Waals surface area contributed by atoms with Gasteiger partial charge in [-0.15, -0.1) is 0 Å². The molecule has 0 spiro atoms. The molecule has 3 rings (SSSR count). The van der Waals surface area contributed by atoms with Gasteiger partial charge in [-0.05, 0) is 57.8 Å². The minimum Gasteiger partial charge on any atom is -0.465 e. The maximum Gasteiger partial charge on any atom is 0.416 e. The van der Waals surface area contributed by atoms with E-state index in [1.165, 1.54) is 6.20 Å². The number of hydrogen-bond donors (Lipinski definition) is 2. The molecule has 0 saturated carbocycles. The number of ether oxygens (including phenoxy) is 1. The van der Waals surface area contributed by atoms with Gasteiger partial charge in [0.2, 0.25) is 5.91 Å². The molecular weight excluding hydrogens is 515 g/mol. The minimum atomic E-state index is -4.54. The zero-order valence-corrected chi connectivity index (χ0v) is 20.7. The number of alkyl halides is 3. The molecule has 0 fully saturated rings. The number of nitrogens with zero attached hydrogens (tertiary/aromatic N) is 2. The molecule has 1 atom stereocenters. The van der Waals surface area contributed by atoms with Gasteiger partial charge in [0.1, 0.15) is 6.04 Å². The van der Waals surface area contributed by atoms with Crippen molar-refractivity contribution in [2.75, 3.05) is 31.3 Å². The number of hydrogen-bond acceptors (Lipinski definition) is 5. The fourth-order valence-electron chi connectivity index (χ4n) is 3.76. The predicted molar refractivity (Wildman–Crippen MR) is 130 cm³/mol. The Hall–Kier alpha value is -4.00. The largest absolute Gasteiger partial charge is 0.465 e. The molecule has 13 heteroatoms. The average Bonchev–Trinajstić information content (AvgIpc) is 3.16. The summed E-state index contributed by atoms with van der Waals surface area (Å²) < 4.78 is 72.3. The number of carbonyl (C=O) groups excluding carboxylic acids is 3. The predicted octanol–water partition coefficient (Wildman–Crippen LogP) is 5.50. The number of anilines is 2. The van der Waals surface area contributed by atoms with Gasteiger partial charge in [-0.2, -0.15) is 13.2 Å². The van der Waals surface area contributed by atoms with Crippen LogP contribution >= 0.6 is 0 Å². The summed E-state index contributed by atoms with van der Waals surface area (Å²) in [6.45, 7) is 1.81. The highest BCUT2D eigenvalue weighted by atomic mass is 19.4. The van der Waals surface area contributed by atoms with Crippen LogP contribution in [0.4, 0.5) is 38.1 Å². The second kappa shape index (κ2) is 11.6. The van der Waals surface area contributed by atoms with Crippen molar-refractivity contribution in [3.63, 3.8) is 0 Å². The number of urea groups is 1. The van der Waals surface area contributed by atoms with E-state index < -0.39 is 47.3 Å². The topological polar surface area (TPSA) is 92.7 Å². The number of halogens is 5. The lowest BCUT2D eigenvalue weighted by Gasteiger charge is -2.22. The van der Waals surface area contributed by atoms with E-state index in [4.69, 9.17) is 4.74 Å². The van der Waals surface area contributed by atoms with E-state index in [1.807, 2.05) is 0 Å². The Balaban J connectivity index is 1.83. The number of fused-ring (bicyclic) bond motifs is 1. The van der Waals surface area contributed by atoms with Crippen LogP contribution in [-0.4, -0.2) is 54.1 Å². The van der Waals surface area contributed by atoms with E-state index in [2.05, 4.69) is 10.6 Å². The van der Waals surface area contributed by atoms with Gasteiger partial charge < -0.3 is 15.4 Å². The van der Waals surface area contributed by atoms with Crippen molar-refractivity contribution >= 4 is 40.2 Å². The Kier molecular flexibility index (Phi) is 8.71.